The van der Waals surface area contributed by atoms with Crippen molar-refractivity contribution in [3.05, 3.63) is 60.2 Å². The van der Waals surface area contributed by atoms with Crippen LogP contribution in [0.2, 0.25) is 0 Å². The van der Waals surface area contributed by atoms with Crippen molar-refractivity contribution in [2.75, 3.05) is 0 Å². The van der Waals surface area contributed by atoms with Gasteiger partial charge in [-0.05, 0) is 45.4 Å². The van der Waals surface area contributed by atoms with E-state index < -0.39 is 0 Å². The number of aryl methyl sites for hydroxylation is 1. The maximum Gasteiger partial charge on any atom is 0.147 e. The molecule has 1 atom stereocenters. The topological polar surface area (TPSA) is 60.6 Å². The molecule has 0 saturated heterocycles. The maximum absolute atomic E-state index is 4.27. The lowest BCUT2D eigenvalue weighted by molar-refractivity contribution is 0.509. The summed E-state index contributed by atoms with van der Waals surface area (Å²) >= 11 is 0. The first-order chi connectivity index (χ1) is 11.6. The van der Waals surface area contributed by atoms with Crippen LogP contribution >= 0.6 is 0 Å². The van der Waals surface area contributed by atoms with Gasteiger partial charge in [-0.15, -0.1) is 10.2 Å². The highest BCUT2D eigenvalue weighted by Crippen LogP contribution is 2.17. The SMILES string of the molecule is Cc1nccn1-c1ccc([C@H](C)NCc2nncn2C(C)C)cc1. The van der Waals surface area contributed by atoms with Crippen LogP contribution in [0.3, 0.4) is 0 Å². The zero-order valence-corrected chi connectivity index (χ0v) is 14.6. The van der Waals surface area contributed by atoms with E-state index in [0.29, 0.717) is 12.6 Å². The summed E-state index contributed by atoms with van der Waals surface area (Å²) in [7, 11) is 0. The van der Waals surface area contributed by atoms with Gasteiger partial charge in [0, 0.05) is 30.2 Å². The number of imidazole rings is 1. The average Bonchev–Trinajstić information content (AvgIpc) is 3.21. The Balaban J connectivity index is 1.66. The second kappa shape index (κ2) is 6.97. The summed E-state index contributed by atoms with van der Waals surface area (Å²) in [6, 6.07) is 9.15. The molecule has 0 saturated carbocycles. The van der Waals surface area contributed by atoms with E-state index in [-0.39, 0.29) is 6.04 Å². The van der Waals surface area contributed by atoms with Crippen molar-refractivity contribution in [1.29, 1.82) is 0 Å². The van der Waals surface area contributed by atoms with Crippen molar-refractivity contribution in [1.82, 2.24) is 29.6 Å². The summed E-state index contributed by atoms with van der Waals surface area (Å²) in [5, 5.41) is 11.7. The number of nitrogens with zero attached hydrogens (tertiary/aromatic N) is 5. The summed E-state index contributed by atoms with van der Waals surface area (Å²) < 4.78 is 4.16. The molecule has 2 aromatic heterocycles. The van der Waals surface area contributed by atoms with E-state index in [9.17, 15) is 0 Å². The van der Waals surface area contributed by atoms with Crippen molar-refractivity contribution >= 4 is 0 Å². The molecule has 0 fully saturated rings. The highest BCUT2D eigenvalue weighted by atomic mass is 15.3. The molecule has 24 heavy (non-hydrogen) atoms. The summed E-state index contributed by atoms with van der Waals surface area (Å²) in [5.74, 6) is 1.95. The number of nitrogens with one attached hydrogen (secondary N) is 1. The molecule has 3 rings (SSSR count). The summed E-state index contributed by atoms with van der Waals surface area (Å²) in [5.41, 5.74) is 2.37. The van der Waals surface area contributed by atoms with Gasteiger partial charge in [-0.25, -0.2) is 4.98 Å². The molecule has 0 unspecified atom stereocenters. The van der Waals surface area contributed by atoms with Crippen LogP contribution in [-0.4, -0.2) is 24.3 Å². The van der Waals surface area contributed by atoms with E-state index >= 15 is 0 Å². The lowest BCUT2D eigenvalue weighted by Gasteiger charge is -2.16. The molecule has 0 radical (unpaired) electrons. The summed E-state index contributed by atoms with van der Waals surface area (Å²) in [6.45, 7) is 9.12. The minimum absolute atomic E-state index is 0.236. The minimum atomic E-state index is 0.236. The first kappa shape index (κ1) is 16.4. The molecule has 2 heterocycles. The Morgan fingerprint density at radius 1 is 1.12 bits per heavy atom. The van der Waals surface area contributed by atoms with Crippen molar-refractivity contribution in [2.24, 2.45) is 0 Å². The smallest absolute Gasteiger partial charge is 0.147 e. The van der Waals surface area contributed by atoms with Crippen LogP contribution in [0.25, 0.3) is 5.69 Å². The molecular formula is C18H24N6. The summed E-state index contributed by atoms with van der Waals surface area (Å²) in [6.07, 6.45) is 5.58. The number of aromatic nitrogens is 5. The Bertz CT molecular complexity index is 784. The van der Waals surface area contributed by atoms with E-state index in [1.54, 1.807) is 6.33 Å². The van der Waals surface area contributed by atoms with Gasteiger partial charge >= 0.3 is 0 Å². The first-order valence-electron chi connectivity index (χ1n) is 8.28. The molecule has 0 spiro atoms. The third-order valence-corrected chi connectivity index (χ3v) is 4.27. The highest BCUT2D eigenvalue weighted by Gasteiger charge is 2.10. The fraction of sp³-hybridized carbons (Fsp3) is 0.389. The molecule has 6 heteroatoms. The van der Waals surface area contributed by atoms with Crippen LogP contribution in [-0.2, 0) is 6.54 Å². The number of benzene rings is 1. The molecule has 0 bridgehead atoms. The van der Waals surface area contributed by atoms with Gasteiger partial charge in [-0.3, -0.25) is 0 Å². The van der Waals surface area contributed by atoms with E-state index in [1.165, 1.54) is 5.56 Å². The molecule has 3 aromatic rings. The second-order valence-corrected chi connectivity index (χ2v) is 6.29. The van der Waals surface area contributed by atoms with Crippen LogP contribution in [0, 0.1) is 6.92 Å². The van der Waals surface area contributed by atoms with Gasteiger partial charge in [-0.2, -0.15) is 0 Å². The van der Waals surface area contributed by atoms with Crippen molar-refractivity contribution < 1.29 is 0 Å². The van der Waals surface area contributed by atoms with Crippen LogP contribution < -0.4 is 5.32 Å². The largest absolute Gasteiger partial charge is 0.314 e. The molecule has 1 N–H and O–H groups in total. The van der Waals surface area contributed by atoms with Gasteiger partial charge in [-0.1, -0.05) is 12.1 Å². The Morgan fingerprint density at radius 2 is 1.88 bits per heavy atom. The van der Waals surface area contributed by atoms with Crippen LogP contribution in [0.15, 0.2) is 43.0 Å². The predicted octanol–water partition coefficient (Wildman–Crippen LogP) is 3.20. The van der Waals surface area contributed by atoms with Gasteiger partial charge < -0.3 is 14.5 Å². The van der Waals surface area contributed by atoms with Gasteiger partial charge in [0.1, 0.15) is 18.0 Å². The molecule has 0 aliphatic heterocycles. The van der Waals surface area contributed by atoms with Gasteiger partial charge in [0.2, 0.25) is 0 Å². The molecule has 0 aliphatic carbocycles. The van der Waals surface area contributed by atoms with Crippen molar-refractivity contribution in [2.45, 2.75) is 46.3 Å². The van der Waals surface area contributed by atoms with Gasteiger partial charge in [0.05, 0.1) is 6.54 Å². The zero-order valence-electron chi connectivity index (χ0n) is 14.6. The molecule has 126 valence electrons. The van der Waals surface area contributed by atoms with E-state index in [0.717, 1.165) is 17.3 Å². The summed E-state index contributed by atoms with van der Waals surface area (Å²) in [4.78, 5) is 4.27. The van der Waals surface area contributed by atoms with Crippen molar-refractivity contribution in [3.8, 4) is 5.69 Å². The minimum Gasteiger partial charge on any atom is -0.314 e. The zero-order chi connectivity index (χ0) is 17.1. The van der Waals surface area contributed by atoms with E-state index in [1.807, 2.05) is 19.3 Å². The average molecular weight is 324 g/mol. The number of rotatable bonds is 6. The highest BCUT2D eigenvalue weighted by molar-refractivity contribution is 5.36. The van der Waals surface area contributed by atoms with Crippen molar-refractivity contribution in [3.63, 3.8) is 0 Å². The molecule has 6 nitrogen and oxygen atoms in total. The number of hydrogen-bond acceptors (Lipinski definition) is 4. The van der Waals surface area contributed by atoms with Gasteiger partial charge in [0.15, 0.2) is 0 Å². The Hall–Kier alpha value is -2.47. The quantitative estimate of drug-likeness (QED) is 0.756. The van der Waals surface area contributed by atoms with Crippen LogP contribution in [0.5, 0.6) is 0 Å². The fourth-order valence-electron chi connectivity index (χ4n) is 2.76. The van der Waals surface area contributed by atoms with Crippen LogP contribution in [0.4, 0.5) is 0 Å². The molecule has 0 aliphatic rings. The number of hydrogen-bond donors (Lipinski definition) is 1. The maximum atomic E-state index is 4.27. The van der Waals surface area contributed by atoms with E-state index in [4.69, 9.17) is 0 Å². The Morgan fingerprint density at radius 3 is 2.50 bits per heavy atom. The monoisotopic (exact) mass is 324 g/mol. The second-order valence-electron chi connectivity index (χ2n) is 6.29. The lowest BCUT2D eigenvalue weighted by atomic mass is 10.1. The Kier molecular flexibility index (Phi) is 4.76. The normalized spacial score (nSPS) is 12.7. The molecule has 1 aromatic carbocycles. The third-order valence-electron chi connectivity index (χ3n) is 4.27. The molecular weight excluding hydrogens is 300 g/mol. The third kappa shape index (κ3) is 3.38. The van der Waals surface area contributed by atoms with Crippen LogP contribution in [0.1, 0.15) is 50.1 Å². The molecule has 0 amide bonds. The lowest BCUT2D eigenvalue weighted by Crippen LogP contribution is -2.21. The van der Waals surface area contributed by atoms with Gasteiger partial charge in [0.25, 0.3) is 0 Å². The van der Waals surface area contributed by atoms with E-state index in [2.05, 4.69) is 74.7 Å². The fourth-order valence-corrected chi connectivity index (χ4v) is 2.76. The Labute approximate surface area is 142 Å². The first-order valence-corrected chi connectivity index (χ1v) is 8.28. The standard InChI is InChI=1S/C18H24N6/c1-13(2)24-12-21-22-18(24)11-20-14(3)16-5-7-17(8-6-16)23-10-9-19-15(23)4/h5-10,12-14,20H,11H2,1-4H3/t14-/m0/s1. The predicted molar refractivity (Wildman–Crippen MR) is 94.0 cm³/mol.